The second kappa shape index (κ2) is 8.67. The molecule has 0 radical (unpaired) electrons. The highest BCUT2D eigenvalue weighted by atomic mass is 32.1. The third-order valence-electron chi connectivity index (χ3n) is 5.34. The van der Waals surface area contributed by atoms with Crippen molar-refractivity contribution in [1.82, 2.24) is 4.57 Å². The van der Waals surface area contributed by atoms with E-state index >= 15 is 0 Å². The van der Waals surface area contributed by atoms with E-state index < -0.39 is 23.0 Å². The predicted octanol–water partition coefficient (Wildman–Crippen LogP) is 5.85. The lowest BCUT2D eigenvalue weighted by atomic mass is 10.1. The molecule has 4 rings (SSSR count). The van der Waals surface area contributed by atoms with Crippen molar-refractivity contribution in [2.24, 2.45) is 0 Å². The number of hydrogen-bond acceptors (Lipinski definition) is 4. The molecule has 2 aromatic carbocycles. The Labute approximate surface area is 187 Å². The largest absolute Gasteiger partial charge is 0.462 e. The van der Waals surface area contributed by atoms with Gasteiger partial charge in [0.15, 0.2) is 0 Å². The van der Waals surface area contributed by atoms with Gasteiger partial charge in [-0.2, -0.15) is 0 Å². The van der Waals surface area contributed by atoms with E-state index in [1.165, 1.54) is 35.7 Å². The molecule has 2 aromatic heterocycles. The number of ether oxygens (including phenoxy) is 1. The molecule has 0 unspecified atom stereocenters. The smallest absolute Gasteiger partial charge is 0.343 e. The Kier molecular flexibility index (Phi) is 5.93. The zero-order valence-electron chi connectivity index (χ0n) is 17.9. The highest BCUT2D eigenvalue weighted by Crippen LogP contribution is 2.37. The fourth-order valence-corrected chi connectivity index (χ4v) is 4.97. The van der Waals surface area contributed by atoms with Gasteiger partial charge in [0.1, 0.15) is 22.0 Å². The molecule has 0 spiro atoms. The zero-order valence-corrected chi connectivity index (χ0v) is 18.7. The summed E-state index contributed by atoms with van der Waals surface area (Å²) in [7, 11) is 0. The summed E-state index contributed by atoms with van der Waals surface area (Å²) in [5, 5.41) is 0.355. The van der Waals surface area contributed by atoms with Gasteiger partial charge in [-0.25, -0.2) is 13.6 Å². The Bertz CT molecular complexity index is 1370. The quantitative estimate of drug-likeness (QED) is 0.356. The first-order chi connectivity index (χ1) is 15.3. The minimum absolute atomic E-state index is 0.107. The number of carbonyl (C=O) groups excluding carboxylic acids is 1. The number of thiophene rings is 1. The van der Waals surface area contributed by atoms with Gasteiger partial charge >= 0.3 is 5.97 Å². The van der Waals surface area contributed by atoms with Gasteiger partial charge in [0, 0.05) is 16.6 Å². The molecule has 0 aliphatic heterocycles. The van der Waals surface area contributed by atoms with Gasteiger partial charge in [-0.05, 0) is 44.0 Å². The third kappa shape index (κ3) is 3.84. The van der Waals surface area contributed by atoms with E-state index in [1.807, 2.05) is 38.1 Å². The maximum absolute atomic E-state index is 14.4. The Morgan fingerprint density at radius 1 is 1.06 bits per heavy atom. The first-order valence-electron chi connectivity index (χ1n) is 10.2. The van der Waals surface area contributed by atoms with Crippen LogP contribution in [0.25, 0.3) is 20.7 Å². The number of rotatable bonds is 5. The van der Waals surface area contributed by atoms with Crippen LogP contribution in [0, 0.1) is 25.5 Å². The summed E-state index contributed by atoms with van der Waals surface area (Å²) in [5.41, 5.74) is 1.99. The van der Waals surface area contributed by atoms with Crippen molar-refractivity contribution in [3.63, 3.8) is 0 Å². The number of aromatic nitrogens is 1. The fourth-order valence-electron chi connectivity index (χ4n) is 3.68. The van der Waals surface area contributed by atoms with Gasteiger partial charge in [0.05, 0.1) is 18.5 Å². The molecule has 0 aliphatic carbocycles. The summed E-state index contributed by atoms with van der Waals surface area (Å²) in [6.07, 6.45) is 1.34. The molecule has 2 heterocycles. The molecule has 0 fully saturated rings. The van der Waals surface area contributed by atoms with Crippen LogP contribution in [0.1, 0.15) is 34.0 Å². The highest BCUT2D eigenvalue weighted by molar-refractivity contribution is 7.22. The summed E-state index contributed by atoms with van der Waals surface area (Å²) in [5.74, 6) is -2.15. The molecule has 4 aromatic rings. The molecule has 0 amide bonds. The van der Waals surface area contributed by atoms with Crippen LogP contribution in [0.15, 0.2) is 53.5 Å². The van der Waals surface area contributed by atoms with Crippen LogP contribution in [0.3, 0.4) is 0 Å². The van der Waals surface area contributed by atoms with Crippen LogP contribution in [0.5, 0.6) is 0 Å². The van der Waals surface area contributed by atoms with E-state index in [2.05, 4.69) is 0 Å². The van der Waals surface area contributed by atoms with E-state index in [9.17, 15) is 18.4 Å². The van der Waals surface area contributed by atoms with Crippen LogP contribution in [0.4, 0.5) is 8.78 Å². The third-order valence-corrected chi connectivity index (χ3v) is 6.72. The Morgan fingerprint density at radius 3 is 2.34 bits per heavy atom. The van der Waals surface area contributed by atoms with Crippen LogP contribution < -0.4 is 5.43 Å². The minimum Gasteiger partial charge on any atom is -0.462 e. The van der Waals surface area contributed by atoms with E-state index in [4.69, 9.17) is 4.74 Å². The lowest BCUT2D eigenvalue weighted by molar-refractivity contribution is 0.0524. The fraction of sp³-hybridized carbons (Fsp3) is 0.200. The molecule has 32 heavy (non-hydrogen) atoms. The maximum Gasteiger partial charge on any atom is 0.343 e. The molecular formula is C25H21F2NO3S. The molecule has 0 N–H and O–H groups in total. The van der Waals surface area contributed by atoms with E-state index in [0.717, 1.165) is 16.0 Å². The Hall–Kier alpha value is -3.32. The molecule has 0 saturated carbocycles. The maximum atomic E-state index is 14.4. The summed E-state index contributed by atoms with van der Waals surface area (Å²) >= 11 is 1.35. The lowest BCUT2D eigenvalue weighted by Gasteiger charge is -2.12. The van der Waals surface area contributed by atoms with Crippen LogP contribution in [-0.2, 0) is 11.3 Å². The summed E-state index contributed by atoms with van der Waals surface area (Å²) < 4.78 is 35.4. The van der Waals surface area contributed by atoms with Gasteiger partial charge in [-0.3, -0.25) is 4.79 Å². The van der Waals surface area contributed by atoms with E-state index in [1.54, 1.807) is 11.5 Å². The lowest BCUT2D eigenvalue weighted by Crippen LogP contribution is -2.21. The molecule has 0 bridgehead atoms. The standard InChI is InChI=1S/C25H21F2NO3S/c1-4-31-25(30)18-13-28(12-17-19(26)6-5-7-20(17)27)24-21(22(18)29)15(3)23(32-24)16-10-8-14(2)9-11-16/h5-11,13H,4,12H2,1-3H3. The second-order valence-corrected chi connectivity index (χ2v) is 8.52. The number of nitrogens with zero attached hydrogens (tertiary/aromatic N) is 1. The zero-order chi connectivity index (χ0) is 23.0. The monoisotopic (exact) mass is 453 g/mol. The molecule has 4 nitrogen and oxygen atoms in total. The highest BCUT2D eigenvalue weighted by Gasteiger charge is 2.23. The number of carbonyl (C=O) groups is 1. The van der Waals surface area contributed by atoms with Crippen molar-refractivity contribution in [1.29, 1.82) is 0 Å². The molecule has 0 aliphatic rings. The van der Waals surface area contributed by atoms with E-state index in [-0.39, 0.29) is 24.3 Å². The van der Waals surface area contributed by atoms with Crippen LogP contribution in [0.2, 0.25) is 0 Å². The first-order valence-corrected chi connectivity index (χ1v) is 11.0. The average molecular weight is 454 g/mol. The predicted molar refractivity (Wildman–Crippen MR) is 122 cm³/mol. The molecule has 0 saturated heterocycles. The average Bonchev–Trinajstić information content (AvgIpc) is 3.11. The number of benzene rings is 2. The van der Waals surface area contributed by atoms with Crippen LogP contribution in [-0.4, -0.2) is 17.1 Å². The summed E-state index contributed by atoms with van der Waals surface area (Å²) in [6, 6.07) is 11.5. The molecule has 164 valence electrons. The van der Waals surface area contributed by atoms with Gasteiger partial charge in [0.2, 0.25) is 5.43 Å². The Morgan fingerprint density at radius 2 is 1.72 bits per heavy atom. The minimum atomic E-state index is -0.760. The normalized spacial score (nSPS) is 11.2. The number of halogens is 2. The number of pyridine rings is 1. The molecular weight excluding hydrogens is 432 g/mol. The topological polar surface area (TPSA) is 48.3 Å². The van der Waals surface area contributed by atoms with Crippen molar-refractivity contribution < 1.29 is 18.3 Å². The molecule has 0 atom stereocenters. The van der Waals surface area contributed by atoms with Crippen molar-refractivity contribution >= 4 is 27.5 Å². The second-order valence-electron chi connectivity index (χ2n) is 7.52. The van der Waals surface area contributed by atoms with Crippen molar-refractivity contribution in [3.05, 3.63) is 92.8 Å². The van der Waals surface area contributed by atoms with Gasteiger partial charge < -0.3 is 9.30 Å². The number of esters is 1. The molecule has 7 heteroatoms. The Balaban J connectivity index is 1.99. The van der Waals surface area contributed by atoms with Crippen LogP contribution >= 0.6 is 11.3 Å². The van der Waals surface area contributed by atoms with E-state index in [0.29, 0.717) is 15.8 Å². The summed E-state index contributed by atoms with van der Waals surface area (Å²) in [4.78, 5) is 27.1. The van der Waals surface area contributed by atoms with Crippen molar-refractivity contribution in [2.75, 3.05) is 6.61 Å². The summed E-state index contributed by atoms with van der Waals surface area (Å²) in [6.45, 7) is 5.39. The number of fused-ring (bicyclic) bond motifs is 1. The van der Waals surface area contributed by atoms with Gasteiger partial charge in [0.25, 0.3) is 0 Å². The SMILES string of the molecule is CCOC(=O)c1cn(Cc2c(F)cccc2F)c2sc(-c3ccc(C)cc3)c(C)c2c1=O. The van der Waals surface area contributed by atoms with Crippen molar-refractivity contribution in [2.45, 2.75) is 27.3 Å². The van der Waals surface area contributed by atoms with Gasteiger partial charge in [-0.15, -0.1) is 11.3 Å². The van der Waals surface area contributed by atoms with Crippen molar-refractivity contribution in [3.8, 4) is 10.4 Å². The number of aryl methyl sites for hydroxylation is 2. The number of hydrogen-bond donors (Lipinski definition) is 0. The van der Waals surface area contributed by atoms with Gasteiger partial charge in [-0.1, -0.05) is 35.9 Å². The first kappa shape index (κ1) is 21.9.